The molecular formula is C24H21FN2O2S2. The lowest BCUT2D eigenvalue weighted by Crippen LogP contribution is -2.11. The third-order valence-electron chi connectivity index (χ3n) is 4.62. The second-order valence-corrected chi connectivity index (χ2v) is 9.77. The fourth-order valence-corrected chi connectivity index (χ4v) is 5.53. The van der Waals surface area contributed by atoms with Gasteiger partial charge in [-0.25, -0.2) is 12.8 Å². The van der Waals surface area contributed by atoms with Crippen LogP contribution in [0.3, 0.4) is 0 Å². The molecule has 0 unspecified atom stereocenters. The second-order valence-electron chi connectivity index (χ2n) is 6.90. The van der Waals surface area contributed by atoms with Crippen LogP contribution in [0.5, 0.6) is 0 Å². The summed E-state index contributed by atoms with van der Waals surface area (Å²) in [5, 5.41) is 13.2. The van der Waals surface area contributed by atoms with Crippen molar-refractivity contribution in [1.82, 2.24) is 0 Å². The molecule has 0 saturated carbocycles. The Morgan fingerprint density at radius 2 is 1.65 bits per heavy atom. The highest BCUT2D eigenvalue weighted by molar-refractivity contribution is 8.04. The molecule has 0 aromatic heterocycles. The number of halogens is 1. The lowest BCUT2D eigenvalue weighted by molar-refractivity contribution is 0.603. The average Bonchev–Trinajstić information content (AvgIpc) is 2.75. The van der Waals surface area contributed by atoms with E-state index in [1.807, 2.05) is 38.1 Å². The molecule has 0 amide bonds. The number of allylic oxidation sites excluding steroid dienone is 1. The molecule has 0 bridgehead atoms. The van der Waals surface area contributed by atoms with E-state index >= 15 is 0 Å². The molecule has 1 N–H and O–H groups in total. The fraction of sp³-hybridized carbons (Fsp3) is 0.125. The van der Waals surface area contributed by atoms with Crippen molar-refractivity contribution in [3.63, 3.8) is 0 Å². The highest BCUT2D eigenvalue weighted by Gasteiger charge is 2.26. The first-order valence-electron chi connectivity index (χ1n) is 9.48. The average molecular weight is 453 g/mol. The second kappa shape index (κ2) is 9.82. The predicted molar refractivity (Wildman–Crippen MR) is 124 cm³/mol. The topological polar surface area (TPSA) is 70.0 Å². The molecule has 0 aliphatic heterocycles. The molecule has 31 heavy (non-hydrogen) atoms. The summed E-state index contributed by atoms with van der Waals surface area (Å²) in [6.45, 7) is 3.81. The Bertz CT molecular complexity index is 1240. The van der Waals surface area contributed by atoms with Crippen molar-refractivity contribution in [2.24, 2.45) is 0 Å². The van der Waals surface area contributed by atoms with Gasteiger partial charge in [0.05, 0.1) is 4.90 Å². The first-order valence-corrected chi connectivity index (χ1v) is 11.9. The standard InChI is InChI=1S/C24H21FN2O2S2/c1-17-8-6-9-18(2)23(17)27-24(30-16-19-10-7-11-20(25)14-19)22(15-26)31(28,29)21-12-4-3-5-13-21/h3-14,27H,16H2,1-2H3. The van der Waals surface area contributed by atoms with Crippen molar-refractivity contribution < 1.29 is 12.8 Å². The van der Waals surface area contributed by atoms with E-state index in [4.69, 9.17) is 0 Å². The Morgan fingerprint density at radius 3 is 2.26 bits per heavy atom. The minimum Gasteiger partial charge on any atom is -0.348 e. The largest absolute Gasteiger partial charge is 0.348 e. The zero-order valence-electron chi connectivity index (χ0n) is 17.1. The maximum atomic E-state index is 13.6. The highest BCUT2D eigenvalue weighted by Crippen LogP contribution is 2.33. The molecule has 0 saturated heterocycles. The normalized spacial score (nSPS) is 12.1. The van der Waals surface area contributed by atoms with E-state index < -0.39 is 9.84 Å². The summed E-state index contributed by atoms with van der Waals surface area (Å²) in [6, 6.07) is 21.5. The van der Waals surface area contributed by atoms with Gasteiger partial charge >= 0.3 is 0 Å². The van der Waals surface area contributed by atoms with Crippen LogP contribution in [0.25, 0.3) is 0 Å². The van der Waals surface area contributed by atoms with Crippen molar-refractivity contribution in [2.45, 2.75) is 24.5 Å². The van der Waals surface area contributed by atoms with E-state index in [1.165, 1.54) is 24.3 Å². The monoisotopic (exact) mass is 452 g/mol. The first kappa shape index (κ1) is 22.6. The quantitative estimate of drug-likeness (QED) is 0.448. The van der Waals surface area contributed by atoms with Gasteiger partial charge in [0.1, 0.15) is 16.9 Å². The Balaban J connectivity index is 2.09. The van der Waals surface area contributed by atoms with Gasteiger partial charge in [-0.05, 0) is 54.8 Å². The maximum Gasteiger partial charge on any atom is 0.219 e. The van der Waals surface area contributed by atoms with E-state index in [0.717, 1.165) is 28.6 Å². The van der Waals surface area contributed by atoms with Gasteiger partial charge in [-0.15, -0.1) is 11.8 Å². The van der Waals surface area contributed by atoms with Crippen LogP contribution in [0.15, 0.2) is 87.6 Å². The van der Waals surface area contributed by atoms with Crippen LogP contribution in [0.1, 0.15) is 16.7 Å². The van der Waals surface area contributed by atoms with Crippen molar-refractivity contribution in [2.75, 3.05) is 5.32 Å². The van der Waals surface area contributed by atoms with E-state index in [0.29, 0.717) is 11.3 Å². The van der Waals surface area contributed by atoms with Gasteiger partial charge < -0.3 is 5.32 Å². The number of nitriles is 1. The number of nitrogens with zero attached hydrogens (tertiary/aromatic N) is 1. The summed E-state index contributed by atoms with van der Waals surface area (Å²) in [4.78, 5) is -0.332. The smallest absolute Gasteiger partial charge is 0.219 e. The van der Waals surface area contributed by atoms with Gasteiger partial charge in [0.2, 0.25) is 9.84 Å². The summed E-state index contributed by atoms with van der Waals surface area (Å²) >= 11 is 1.15. The number of thioether (sulfide) groups is 1. The minimum atomic E-state index is -4.05. The third kappa shape index (κ3) is 5.35. The molecular weight excluding hydrogens is 431 g/mol. The fourth-order valence-electron chi connectivity index (χ4n) is 3.02. The molecule has 0 aliphatic rings. The van der Waals surface area contributed by atoms with Gasteiger partial charge in [-0.2, -0.15) is 5.26 Å². The van der Waals surface area contributed by atoms with Gasteiger partial charge in [-0.3, -0.25) is 0 Å². The predicted octanol–water partition coefficient (Wildman–Crippen LogP) is 5.95. The number of benzene rings is 3. The van der Waals surface area contributed by atoms with Gasteiger partial charge in [0.25, 0.3) is 0 Å². The summed E-state index contributed by atoms with van der Waals surface area (Å²) in [6.07, 6.45) is 0. The molecule has 158 valence electrons. The number of sulfone groups is 1. The van der Waals surface area contributed by atoms with Crippen LogP contribution in [-0.4, -0.2) is 8.42 Å². The number of nitrogens with one attached hydrogen (secondary N) is 1. The minimum absolute atomic E-state index is 0.0405. The van der Waals surface area contributed by atoms with Crippen LogP contribution in [-0.2, 0) is 15.6 Å². The lowest BCUT2D eigenvalue weighted by Gasteiger charge is -2.17. The number of aryl methyl sites for hydroxylation is 2. The van der Waals surface area contributed by atoms with E-state index in [-0.39, 0.29) is 20.6 Å². The van der Waals surface area contributed by atoms with Crippen LogP contribution in [0, 0.1) is 31.0 Å². The summed E-state index contributed by atoms with van der Waals surface area (Å²) in [5.74, 6) is -0.0794. The van der Waals surface area contributed by atoms with Gasteiger partial charge in [0, 0.05) is 11.4 Å². The molecule has 4 nitrogen and oxygen atoms in total. The van der Waals surface area contributed by atoms with E-state index in [9.17, 15) is 18.1 Å². The number of para-hydroxylation sites is 1. The maximum absolute atomic E-state index is 13.6. The van der Waals surface area contributed by atoms with Crippen LogP contribution in [0.2, 0.25) is 0 Å². The molecule has 3 aromatic rings. The molecule has 3 aromatic carbocycles. The molecule has 0 spiro atoms. The molecule has 0 heterocycles. The molecule has 3 rings (SSSR count). The third-order valence-corrected chi connectivity index (χ3v) is 7.55. The molecule has 7 heteroatoms. The molecule has 0 atom stereocenters. The molecule has 0 fully saturated rings. The van der Waals surface area contributed by atoms with Crippen LogP contribution < -0.4 is 5.32 Å². The molecule has 0 aliphatic carbocycles. The number of hydrogen-bond acceptors (Lipinski definition) is 5. The number of rotatable bonds is 7. The van der Waals surface area contributed by atoms with Crippen molar-refractivity contribution in [1.29, 1.82) is 5.26 Å². The Labute approximate surface area is 186 Å². The molecule has 0 radical (unpaired) electrons. The van der Waals surface area contributed by atoms with Crippen molar-refractivity contribution in [3.05, 3.63) is 105 Å². The van der Waals surface area contributed by atoms with Gasteiger partial charge in [0.15, 0.2) is 4.91 Å². The van der Waals surface area contributed by atoms with Crippen molar-refractivity contribution >= 4 is 27.3 Å². The Morgan fingerprint density at radius 1 is 1.00 bits per heavy atom. The number of hydrogen-bond donors (Lipinski definition) is 1. The van der Waals surface area contributed by atoms with Crippen LogP contribution in [0.4, 0.5) is 10.1 Å². The van der Waals surface area contributed by atoms with E-state index in [2.05, 4.69) is 5.32 Å². The van der Waals surface area contributed by atoms with Crippen molar-refractivity contribution in [3.8, 4) is 6.07 Å². The Kier molecular flexibility index (Phi) is 7.16. The van der Waals surface area contributed by atoms with Crippen LogP contribution >= 0.6 is 11.8 Å². The van der Waals surface area contributed by atoms with Gasteiger partial charge in [-0.1, -0.05) is 48.5 Å². The Hall–Kier alpha value is -3.08. The SMILES string of the molecule is Cc1cccc(C)c1NC(SCc1cccc(F)c1)=C(C#N)S(=O)(=O)c1ccccc1. The zero-order chi connectivity index (χ0) is 22.4. The summed E-state index contributed by atoms with van der Waals surface area (Å²) in [7, 11) is -4.05. The number of anilines is 1. The first-order chi connectivity index (χ1) is 14.8. The van der Waals surface area contributed by atoms with E-state index in [1.54, 1.807) is 30.3 Å². The lowest BCUT2D eigenvalue weighted by atomic mass is 10.1. The zero-order valence-corrected chi connectivity index (χ0v) is 18.7. The summed E-state index contributed by atoms with van der Waals surface area (Å²) < 4.78 is 40.1. The summed E-state index contributed by atoms with van der Waals surface area (Å²) in [5.41, 5.74) is 3.25. The highest BCUT2D eigenvalue weighted by atomic mass is 32.2.